The molecule has 0 unspecified atom stereocenters. The van der Waals surface area contributed by atoms with Gasteiger partial charge in [0.05, 0.1) is 23.6 Å². The second-order valence-corrected chi connectivity index (χ2v) is 6.42. The van der Waals surface area contributed by atoms with Gasteiger partial charge in [-0.15, -0.1) is 0 Å². The molecule has 8 nitrogen and oxygen atoms in total. The number of hydrogen-bond acceptors (Lipinski definition) is 5. The Bertz CT molecular complexity index is 987. The Morgan fingerprint density at radius 2 is 2.00 bits per heavy atom. The van der Waals surface area contributed by atoms with Crippen molar-refractivity contribution in [2.75, 3.05) is 13.1 Å². The van der Waals surface area contributed by atoms with Crippen LogP contribution in [0.5, 0.6) is 0 Å². The van der Waals surface area contributed by atoms with E-state index in [-0.39, 0.29) is 18.0 Å². The Kier molecular flexibility index (Phi) is 4.49. The zero-order chi connectivity index (χ0) is 17.9. The highest BCUT2D eigenvalue weighted by molar-refractivity contribution is 5.92. The van der Waals surface area contributed by atoms with Gasteiger partial charge in [-0.05, 0) is 38.1 Å². The number of nitrogens with one attached hydrogen (secondary N) is 4. The number of nitrogens with zero attached hydrogens (tertiary/aromatic N) is 2. The van der Waals surface area contributed by atoms with Crippen molar-refractivity contribution in [1.29, 1.82) is 0 Å². The topological polar surface area (TPSA) is 116 Å². The molecule has 1 aliphatic heterocycles. The fourth-order valence-electron chi connectivity index (χ4n) is 3.23. The van der Waals surface area contributed by atoms with Crippen LogP contribution in [0.3, 0.4) is 0 Å². The molecule has 0 spiro atoms. The van der Waals surface area contributed by atoms with Crippen LogP contribution in [0.25, 0.3) is 10.9 Å². The summed E-state index contributed by atoms with van der Waals surface area (Å²) in [6.07, 6.45) is 3.58. The fraction of sp³-hybridized carbons (Fsp3) is 0.333. The van der Waals surface area contributed by atoms with E-state index < -0.39 is 0 Å². The molecule has 1 aromatic carbocycles. The van der Waals surface area contributed by atoms with Crippen molar-refractivity contribution < 1.29 is 4.79 Å². The predicted octanol–water partition coefficient (Wildman–Crippen LogP) is 1.04. The van der Waals surface area contributed by atoms with Crippen molar-refractivity contribution in [1.82, 2.24) is 30.6 Å². The first-order valence-corrected chi connectivity index (χ1v) is 8.72. The van der Waals surface area contributed by atoms with Gasteiger partial charge < -0.3 is 20.6 Å². The average Bonchev–Trinajstić information content (AvgIpc) is 3.17. The third kappa shape index (κ3) is 3.36. The molecular weight excluding hydrogens is 332 g/mol. The second kappa shape index (κ2) is 7.09. The van der Waals surface area contributed by atoms with Gasteiger partial charge in [-0.1, -0.05) is 12.1 Å². The molecule has 1 fully saturated rings. The molecule has 1 amide bonds. The highest BCUT2D eigenvalue weighted by Gasteiger charge is 2.19. The number of carbonyl (C=O) groups is 1. The number of hydrogen-bond donors (Lipinski definition) is 4. The molecule has 0 bridgehead atoms. The summed E-state index contributed by atoms with van der Waals surface area (Å²) in [7, 11) is 0. The summed E-state index contributed by atoms with van der Waals surface area (Å²) in [4.78, 5) is 39.0. The molecule has 1 aliphatic rings. The van der Waals surface area contributed by atoms with E-state index in [1.807, 2.05) is 6.07 Å². The van der Waals surface area contributed by atoms with Crippen LogP contribution in [0.15, 0.2) is 35.3 Å². The van der Waals surface area contributed by atoms with E-state index in [4.69, 9.17) is 0 Å². The summed E-state index contributed by atoms with van der Waals surface area (Å²) >= 11 is 0. The second-order valence-electron chi connectivity index (χ2n) is 6.42. The first-order valence-electron chi connectivity index (χ1n) is 8.72. The number of H-pyrrole nitrogens is 2. The van der Waals surface area contributed by atoms with Crippen molar-refractivity contribution in [2.24, 2.45) is 0 Å². The minimum absolute atomic E-state index is 0.139. The third-order valence-corrected chi connectivity index (χ3v) is 4.64. The predicted molar refractivity (Wildman–Crippen MR) is 97.0 cm³/mol. The lowest BCUT2D eigenvalue weighted by molar-refractivity contribution is 0.0945. The first kappa shape index (κ1) is 16.5. The Morgan fingerprint density at radius 3 is 2.85 bits per heavy atom. The molecule has 0 aliphatic carbocycles. The van der Waals surface area contributed by atoms with Crippen LogP contribution < -0.4 is 16.2 Å². The van der Waals surface area contributed by atoms with Crippen molar-refractivity contribution in [3.8, 4) is 0 Å². The number of aromatic amines is 2. The van der Waals surface area contributed by atoms with E-state index in [2.05, 4.69) is 30.6 Å². The van der Waals surface area contributed by atoms with E-state index in [1.165, 1.54) is 0 Å². The van der Waals surface area contributed by atoms with Gasteiger partial charge in [-0.3, -0.25) is 9.59 Å². The Balaban J connectivity index is 1.44. The number of imidazole rings is 1. The van der Waals surface area contributed by atoms with Crippen LogP contribution in [-0.4, -0.2) is 38.9 Å². The largest absolute Gasteiger partial charge is 0.343 e. The van der Waals surface area contributed by atoms with Crippen LogP contribution >= 0.6 is 0 Å². The molecule has 3 heterocycles. The zero-order valence-corrected chi connectivity index (χ0v) is 14.2. The fourth-order valence-corrected chi connectivity index (χ4v) is 3.23. The van der Waals surface area contributed by atoms with Crippen molar-refractivity contribution >= 4 is 16.8 Å². The molecule has 0 saturated carbocycles. The molecule has 1 saturated heterocycles. The number of fused-ring (bicyclic) bond motifs is 1. The van der Waals surface area contributed by atoms with E-state index in [0.717, 1.165) is 31.8 Å². The maximum Gasteiger partial charge on any atom is 0.269 e. The first-order chi connectivity index (χ1) is 12.7. The quantitative estimate of drug-likeness (QED) is 0.560. The molecule has 4 N–H and O–H groups in total. The van der Waals surface area contributed by atoms with Crippen molar-refractivity contribution in [3.63, 3.8) is 0 Å². The van der Waals surface area contributed by atoms with E-state index in [1.54, 1.807) is 24.4 Å². The van der Waals surface area contributed by atoms with Crippen LogP contribution in [-0.2, 0) is 6.54 Å². The minimum Gasteiger partial charge on any atom is -0.343 e. The molecule has 4 rings (SSSR count). The van der Waals surface area contributed by atoms with E-state index in [9.17, 15) is 9.59 Å². The molecule has 3 aromatic rings. The number of rotatable bonds is 4. The van der Waals surface area contributed by atoms with E-state index >= 15 is 0 Å². The SMILES string of the molecule is O=C(NCc1nc2ccccc2c(=O)[nH]1)c1cnc(C2CCNCC2)[nH]1. The lowest BCUT2D eigenvalue weighted by atomic mass is 9.98. The summed E-state index contributed by atoms with van der Waals surface area (Å²) in [5, 5.41) is 6.61. The Morgan fingerprint density at radius 1 is 1.19 bits per heavy atom. The number of carbonyl (C=O) groups excluding carboxylic acids is 1. The maximum absolute atomic E-state index is 12.3. The number of para-hydroxylation sites is 1. The number of benzene rings is 1. The minimum atomic E-state index is -0.270. The molecule has 8 heteroatoms. The summed E-state index contributed by atoms with van der Waals surface area (Å²) < 4.78 is 0. The molecule has 0 atom stereocenters. The van der Waals surface area contributed by atoms with Crippen LogP contribution in [0.4, 0.5) is 0 Å². The lowest BCUT2D eigenvalue weighted by Gasteiger charge is -2.20. The van der Waals surface area contributed by atoms with Crippen LogP contribution in [0.2, 0.25) is 0 Å². The highest BCUT2D eigenvalue weighted by atomic mass is 16.2. The van der Waals surface area contributed by atoms with Gasteiger partial charge >= 0.3 is 0 Å². The lowest BCUT2D eigenvalue weighted by Crippen LogP contribution is -2.27. The van der Waals surface area contributed by atoms with Crippen LogP contribution in [0, 0.1) is 0 Å². The number of piperidine rings is 1. The van der Waals surface area contributed by atoms with Gasteiger partial charge in [-0.2, -0.15) is 0 Å². The average molecular weight is 352 g/mol. The van der Waals surface area contributed by atoms with E-state index in [0.29, 0.717) is 28.3 Å². The Labute approximate surface area is 149 Å². The monoisotopic (exact) mass is 352 g/mol. The smallest absolute Gasteiger partial charge is 0.269 e. The van der Waals surface area contributed by atoms with Gasteiger partial charge in [0, 0.05) is 5.92 Å². The normalized spacial score (nSPS) is 15.2. The molecular formula is C18H20N6O2. The third-order valence-electron chi connectivity index (χ3n) is 4.64. The number of aromatic nitrogens is 4. The zero-order valence-electron chi connectivity index (χ0n) is 14.2. The summed E-state index contributed by atoms with van der Waals surface area (Å²) in [5.74, 6) is 1.36. The maximum atomic E-state index is 12.3. The van der Waals surface area contributed by atoms with Gasteiger partial charge in [0.2, 0.25) is 0 Å². The molecule has 0 radical (unpaired) electrons. The molecule has 26 heavy (non-hydrogen) atoms. The van der Waals surface area contributed by atoms with Gasteiger partial charge in [-0.25, -0.2) is 9.97 Å². The van der Waals surface area contributed by atoms with Gasteiger partial charge in [0.15, 0.2) is 0 Å². The summed E-state index contributed by atoms with van der Waals surface area (Å²) in [6.45, 7) is 2.07. The molecule has 2 aromatic heterocycles. The molecule has 134 valence electrons. The van der Waals surface area contributed by atoms with Crippen molar-refractivity contribution in [3.05, 3.63) is 58.2 Å². The number of amides is 1. The van der Waals surface area contributed by atoms with Crippen LogP contribution in [0.1, 0.15) is 40.9 Å². The standard InChI is InChI=1S/C18H20N6O2/c25-17-12-3-1-2-4-13(12)22-15(24-17)10-21-18(26)14-9-20-16(23-14)11-5-7-19-8-6-11/h1-4,9,11,19H,5-8,10H2,(H,20,23)(H,21,26)(H,22,24,25). The van der Waals surface area contributed by atoms with Gasteiger partial charge in [0.1, 0.15) is 17.3 Å². The summed E-state index contributed by atoms with van der Waals surface area (Å²) in [5.41, 5.74) is 0.812. The van der Waals surface area contributed by atoms with Crippen molar-refractivity contribution in [2.45, 2.75) is 25.3 Å². The Hall–Kier alpha value is -3.00. The highest BCUT2D eigenvalue weighted by Crippen LogP contribution is 2.22. The van der Waals surface area contributed by atoms with Gasteiger partial charge in [0.25, 0.3) is 11.5 Å². The summed E-state index contributed by atoms with van der Waals surface area (Å²) in [6, 6.07) is 7.11.